The first kappa shape index (κ1) is 10.0. The third-order valence-electron chi connectivity index (χ3n) is 1.93. The summed E-state index contributed by atoms with van der Waals surface area (Å²) in [5.41, 5.74) is 0. The number of ether oxygens (including phenoxy) is 4. The van der Waals surface area contributed by atoms with Crippen LogP contribution in [0.2, 0.25) is 0 Å². The average molecular weight is 217 g/mol. The van der Waals surface area contributed by atoms with Crippen LogP contribution in [0.1, 0.15) is 0 Å². The smallest absolute Gasteiger partial charge is 0.445 e. The van der Waals surface area contributed by atoms with Gasteiger partial charge < -0.3 is 24.3 Å². The van der Waals surface area contributed by atoms with Crippen LogP contribution in [0.3, 0.4) is 0 Å². The molecule has 84 valence electrons. The van der Waals surface area contributed by atoms with Crippen molar-refractivity contribution >= 4 is 12.2 Å². The van der Waals surface area contributed by atoms with E-state index in [0.29, 0.717) is 13.2 Å². The third kappa shape index (κ3) is 3.28. The monoisotopic (exact) mass is 217 g/mol. The van der Waals surface area contributed by atoms with E-state index in [4.69, 9.17) is 9.47 Å². The summed E-state index contributed by atoms with van der Waals surface area (Å²) in [6.07, 6.45) is -1.66. The molecular formula is C8H11NO6. The Morgan fingerprint density at radius 2 is 2.27 bits per heavy atom. The number of hydrogen-bond acceptors (Lipinski definition) is 6. The molecule has 2 atom stereocenters. The molecule has 1 N–H and O–H groups in total. The van der Waals surface area contributed by atoms with Gasteiger partial charge in [-0.25, -0.2) is 9.59 Å². The predicted molar refractivity (Wildman–Crippen MR) is 45.3 cm³/mol. The first-order valence-electron chi connectivity index (χ1n) is 4.59. The van der Waals surface area contributed by atoms with E-state index in [1.54, 1.807) is 0 Å². The lowest BCUT2D eigenvalue weighted by atomic mass is 10.4. The van der Waals surface area contributed by atoms with Gasteiger partial charge >= 0.3 is 12.2 Å². The maximum Gasteiger partial charge on any atom is 0.508 e. The number of epoxide rings is 1. The highest BCUT2D eigenvalue weighted by Gasteiger charge is 2.27. The Morgan fingerprint density at radius 1 is 1.47 bits per heavy atom. The largest absolute Gasteiger partial charge is 0.508 e. The summed E-state index contributed by atoms with van der Waals surface area (Å²) < 4.78 is 18.9. The summed E-state index contributed by atoms with van der Waals surface area (Å²) in [4.78, 5) is 21.5. The Hall–Kier alpha value is -1.50. The van der Waals surface area contributed by atoms with Crippen molar-refractivity contribution in [3.8, 4) is 0 Å². The maximum absolute atomic E-state index is 11.0. The molecule has 0 aromatic heterocycles. The lowest BCUT2D eigenvalue weighted by Gasteiger charge is -2.08. The van der Waals surface area contributed by atoms with Crippen molar-refractivity contribution in [2.75, 3.05) is 26.4 Å². The van der Waals surface area contributed by atoms with Gasteiger partial charge in [-0.2, -0.15) is 0 Å². The summed E-state index contributed by atoms with van der Waals surface area (Å²) in [5, 5.41) is 2.51. The van der Waals surface area contributed by atoms with Crippen LogP contribution in [0.25, 0.3) is 0 Å². The summed E-state index contributed by atoms with van der Waals surface area (Å²) in [7, 11) is 0. The van der Waals surface area contributed by atoms with Crippen molar-refractivity contribution in [2.45, 2.75) is 12.2 Å². The molecule has 2 aliphatic heterocycles. The summed E-state index contributed by atoms with van der Waals surface area (Å²) in [6, 6.07) is 0. The zero-order chi connectivity index (χ0) is 10.7. The molecule has 7 nitrogen and oxygen atoms in total. The fourth-order valence-electron chi connectivity index (χ4n) is 1.05. The van der Waals surface area contributed by atoms with Crippen LogP contribution >= 0.6 is 0 Å². The van der Waals surface area contributed by atoms with Gasteiger partial charge in [-0.3, -0.25) is 0 Å². The number of amides is 1. The van der Waals surface area contributed by atoms with E-state index in [1.807, 2.05) is 0 Å². The molecule has 1 amide bonds. The molecule has 0 aliphatic carbocycles. The fourth-order valence-corrected chi connectivity index (χ4v) is 1.05. The Bertz CT molecular complexity index is 264. The van der Waals surface area contributed by atoms with Gasteiger partial charge in [0.15, 0.2) is 6.10 Å². The molecular weight excluding hydrogens is 206 g/mol. The second-order valence-corrected chi connectivity index (χ2v) is 3.24. The second kappa shape index (κ2) is 4.35. The molecule has 0 aromatic carbocycles. The quantitative estimate of drug-likeness (QED) is 0.511. The molecule has 2 rings (SSSR count). The number of hydrogen-bond donors (Lipinski definition) is 1. The van der Waals surface area contributed by atoms with E-state index >= 15 is 0 Å². The molecule has 0 saturated carbocycles. The van der Waals surface area contributed by atoms with E-state index in [2.05, 4.69) is 14.8 Å². The maximum atomic E-state index is 11.0. The van der Waals surface area contributed by atoms with Gasteiger partial charge in [0.25, 0.3) is 0 Å². The van der Waals surface area contributed by atoms with Gasteiger partial charge in [-0.15, -0.1) is 0 Å². The highest BCUT2D eigenvalue weighted by atomic mass is 16.8. The first-order valence-corrected chi connectivity index (χ1v) is 4.59. The summed E-state index contributed by atoms with van der Waals surface area (Å²) in [5.74, 6) is 0. The van der Waals surface area contributed by atoms with Crippen molar-refractivity contribution < 1.29 is 28.5 Å². The zero-order valence-corrected chi connectivity index (χ0v) is 7.93. The minimum absolute atomic E-state index is 0.00307. The number of nitrogens with one attached hydrogen (secondary N) is 1. The van der Waals surface area contributed by atoms with Gasteiger partial charge in [-0.1, -0.05) is 0 Å². The predicted octanol–water partition coefficient (Wildman–Crippen LogP) is -0.353. The van der Waals surface area contributed by atoms with Crippen LogP contribution in [-0.2, 0) is 18.9 Å². The second-order valence-electron chi connectivity index (χ2n) is 3.24. The van der Waals surface area contributed by atoms with E-state index in [9.17, 15) is 9.59 Å². The molecule has 2 saturated heterocycles. The number of cyclic esters (lactones) is 2. The van der Waals surface area contributed by atoms with Crippen LogP contribution in [-0.4, -0.2) is 50.8 Å². The normalized spacial score (nSPS) is 27.9. The van der Waals surface area contributed by atoms with Gasteiger partial charge in [0.05, 0.1) is 12.7 Å². The van der Waals surface area contributed by atoms with Crippen molar-refractivity contribution in [3.05, 3.63) is 0 Å². The van der Waals surface area contributed by atoms with E-state index in [1.165, 1.54) is 0 Å². The van der Waals surface area contributed by atoms with Gasteiger partial charge in [0.2, 0.25) is 0 Å². The molecule has 0 bridgehead atoms. The standard InChI is InChI=1S/C8H11NO6/c10-7(9-1-5-2-12-5)13-3-6-4-14-8(11)15-6/h5-6H,1-4H2,(H,9,10). The molecule has 7 heteroatoms. The minimum Gasteiger partial charge on any atom is -0.445 e. The molecule has 2 aliphatic rings. The van der Waals surface area contributed by atoms with E-state index in [0.717, 1.165) is 0 Å². The molecule has 0 radical (unpaired) electrons. The van der Waals surface area contributed by atoms with Gasteiger partial charge in [-0.05, 0) is 0 Å². The fraction of sp³-hybridized carbons (Fsp3) is 0.750. The highest BCUT2D eigenvalue weighted by Crippen LogP contribution is 2.07. The van der Waals surface area contributed by atoms with Crippen LogP contribution < -0.4 is 5.32 Å². The number of rotatable bonds is 4. The van der Waals surface area contributed by atoms with Crippen LogP contribution in [0.5, 0.6) is 0 Å². The third-order valence-corrected chi connectivity index (χ3v) is 1.93. The molecule has 2 unspecified atom stereocenters. The molecule has 0 spiro atoms. The number of carbonyl (C=O) groups excluding carboxylic acids is 2. The first-order chi connectivity index (χ1) is 7.24. The van der Waals surface area contributed by atoms with E-state index in [-0.39, 0.29) is 19.3 Å². The topological polar surface area (TPSA) is 86.4 Å². The molecule has 15 heavy (non-hydrogen) atoms. The van der Waals surface area contributed by atoms with Crippen molar-refractivity contribution in [1.29, 1.82) is 0 Å². The molecule has 2 fully saturated rings. The Balaban J connectivity index is 1.55. The van der Waals surface area contributed by atoms with Gasteiger partial charge in [0, 0.05) is 6.54 Å². The van der Waals surface area contributed by atoms with Crippen LogP contribution in [0.15, 0.2) is 0 Å². The SMILES string of the molecule is O=C(NCC1CO1)OCC1COC(=O)O1. The molecule has 0 aromatic rings. The average Bonchev–Trinajstić information content (AvgIpc) is 2.95. The highest BCUT2D eigenvalue weighted by molar-refractivity contribution is 5.67. The summed E-state index contributed by atoms with van der Waals surface area (Å²) >= 11 is 0. The number of carbonyl (C=O) groups is 2. The van der Waals surface area contributed by atoms with Crippen molar-refractivity contribution in [2.24, 2.45) is 0 Å². The minimum atomic E-state index is -0.726. The zero-order valence-electron chi connectivity index (χ0n) is 7.93. The lowest BCUT2D eigenvalue weighted by molar-refractivity contribution is 0.0725. The molecule has 2 heterocycles. The number of alkyl carbamates (subject to hydrolysis) is 1. The van der Waals surface area contributed by atoms with Crippen LogP contribution in [0, 0.1) is 0 Å². The Morgan fingerprint density at radius 3 is 2.87 bits per heavy atom. The van der Waals surface area contributed by atoms with E-state index < -0.39 is 18.4 Å². The van der Waals surface area contributed by atoms with Crippen molar-refractivity contribution in [3.63, 3.8) is 0 Å². The van der Waals surface area contributed by atoms with Gasteiger partial charge in [0.1, 0.15) is 13.2 Å². The Labute approximate surface area is 85.6 Å². The Kier molecular flexibility index (Phi) is 2.91. The van der Waals surface area contributed by atoms with Crippen molar-refractivity contribution in [1.82, 2.24) is 5.32 Å². The lowest BCUT2D eigenvalue weighted by Crippen LogP contribution is -2.31. The summed E-state index contributed by atoms with van der Waals surface area (Å²) in [6.45, 7) is 1.25. The van der Waals surface area contributed by atoms with Crippen LogP contribution in [0.4, 0.5) is 9.59 Å².